The molecule has 0 saturated carbocycles. The number of amides is 1. The Bertz CT molecular complexity index is 989. The van der Waals surface area contributed by atoms with Crippen molar-refractivity contribution in [1.82, 2.24) is 0 Å². The zero-order chi connectivity index (χ0) is 22.5. The van der Waals surface area contributed by atoms with Crippen LogP contribution in [0, 0.1) is 5.82 Å². The number of fused-ring (bicyclic) bond motifs is 1. The van der Waals surface area contributed by atoms with Gasteiger partial charge in [0.05, 0.1) is 25.0 Å². The van der Waals surface area contributed by atoms with Crippen LogP contribution in [0.15, 0.2) is 36.4 Å². The van der Waals surface area contributed by atoms with E-state index in [1.807, 2.05) is 30.3 Å². The molecule has 0 N–H and O–H groups in total. The number of carbonyl (C=O) groups excluding carboxylic acids is 3. The van der Waals surface area contributed by atoms with E-state index in [-0.39, 0.29) is 30.2 Å². The molecule has 2 aromatic carbocycles. The molecule has 0 aromatic heterocycles. The highest BCUT2D eigenvalue weighted by Crippen LogP contribution is 2.43. The Hall–Kier alpha value is -3.06. The number of Topliss-reactive ketones (excluding diaryl/α,β-unsaturated/α-hetero) is 1. The Kier molecular flexibility index (Phi) is 7.17. The minimum absolute atomic E-state index is 0.0542. The van der Waals surface area contributed by atoms with Crippen LogP contribution in [0.4, 0.5) is 10.1 Å². The Labute approximate surface area is 180 Å². The van der Waals surface area contributed by atoms with Crippen molar-refractivity contribution >= 4 is 23.3 Å². The number of halogens is 1. The lowest BCUT2D eigenvalue weighted by molar-refractivity contribution is -0.153. The number of ketones is 1. The topological polar surface area (TPSA) is 72.9 Å². The number of anilines is 1. The molecule has 0 fully saturated rings. The van der Waals surface area contributed by atoms with E-state index in [4.69, 9.17) is 9.47 Å². The van der Waals surface area contributed by atoms with Gasteiger partial charge in [-0.05, 0) is 50.8 Å². The van der Waals surface area contributed by atoms with E-state index in [9.17, 15) is 14.4 Å². The number of benzene rings is 2. The molecule has 31 heavy (non-hydrogen) atoms. The summed E-state index contributed by atoms with van der Waals surface area (Å²) in [6.07, 6.45) is 0.430. The second-order valence-electron chi connectivity index (χ2n) is 7.30. The molecule has 1 amide bonds. The van der Waals surface area contributed by atoms with Crippen molar-refractivity contribution < 1.29 is 28.2 Å². The van der Waals surface area contributed by atoms with Gasteiger partial charge in [-0.1, -0.05) is 30.3 Å². The third-order valence-corrected chi connectivity index (χ3v) is 5.33. The molecular weight excluding hydrogens is 401 g/mol. The average molecular weight is 427 g/mol. The summed E-state index contributed by atoms with van der Waals surface area (Å²) in [6, 6.07) is 10.7. The van der Waals surface area contributed by atoms with Crippen LogP contribution < -0.4 is 4.90 Å². The molecule has 1 atom stereocenters. The first kappa shape index (κ1) is 22.6. The van der Waals surface area contributed by atoms with Crippen LogP contribution in [-0.4, -0.2) is 30.8 Å². The van der Waals surface area contributed by atoms with Gasteiger partial charge in [0.25, 0.3) is 0 Å². The van der Waals surface area contributed by atoms with Crippen molar-refractivity contribution in [3.8, 4) is 0 Å². The molecular formula is C24H26FNO5. The zero-order valence-electron chi connectivity index (χ0n) is 17.9. The first-order valence-electron chi connectivity index (χ1n) is 10.4. The third kappa shape index (κ3) is 4.66. The van der Waals surface area contributed by atoms with Gasteiger partial charge in [0.2, 0.25) is 0 Å². The van der Waals surface area contributed by atoms with Crippen molar-refractivity contribution in [2.75, 3.05) is 18.1 Å². The molecule has 7 heteroatoms. The highest BCUT2D eigenvalue weighted by molar-refractivity contribution is 6.38. The molecule has 1 aliphatic rings. The van der Waals surface area contributed by atoms with E-state index in [2.05, 4.69) is 0 Å². The Morgan fingerprint density at radius 2 is 1.87 bits per heavy atom. The maximum Gasteiger partial charge on any atom is 0.397 e. The van der Waals surface area contributed by atoms with Gasteiger partial charge in [0, 0.05) is 17.7 Å². The average Bonchev–Trinajstić information content (AvgIpc) is 3.19. The van der Waals surface area contributed by atoms with E-state index in [0.717, 1.165) is 11.6 Å². The summed E-state index contributed by atoms with van der Waals surface area (Å²) in [5, 5.41) is 0. The van der Waals surface area contributed by atoms with Crippen LogP contribution in [0.5, 0.6) is 0 Å². The zero-order valence-corrected chi connectivity index (χ0v) is 17.9. The maximum absolute atomic E-state index is 15.1. The predicted molar refractivity (Wildman–Crippen MR) is 113 cm³/mol. The number of likely N-dealkylation sites (N-methyl/N-ethyl adjacent to an activating group) is 1. The van der Waals surface area contributed by atoms with Gasteiger partial charge in [-0.2, -0.15) is 0 Å². The van der Waals surface area contributed by atoms with Gasteiger partial charge in [0.15, 0.2) is 5.78 Å². The minimum Gasteiger partial charge on any atom is -0.459 e. The standard InChI is InChI=1S/C24H26FNO5/c1-4-26(23(28)24(29)30-5-2)22-17-11-12-20(31-14-16-9-7-6-8-10-16)21(17)19(25)13-18(22)15(3)27/h6-10,13,20H,4-5,11-12,14H2,1-3H3. The summed E-state index contributed by atoms with van der Waals surface area (Å²) < 4.78 is 25.9. The molecule has 0 spiro atoms. The SMILES string of the molecule is CCOC(=O)C(=O)N(CC)c1c(C(C)=O)cc(F)c2c1CCC2OCc1ccccc1. The van der Waals surface area contributed by atoms with Crippen LogP contribution in [0.2, 0.25) is 0 Å². The summed E-state index contributed by atoms with van der Waals surface area (Å²) in [5.74, 6) is -2.82. The number of carbonyl (C=O) groups is 3. The quantitative estimate of drug-likeness (QED) is 0.377. The normalized spacial score (nSPS) is 14.8. The first-order chi connectivity index (χ1) is 14.9. The van der Waals surface area contributed by atoms with Gasteiger partial charge in [-0.3, -0.25) is 9.59 Å². The van der Waals surface area contributed by atoms with E-state index in [0.29, 0.717) is 30.6 Å². The number of hydrogen-bond donors (Lipinski definition) is 0. The summed E-state index contributed by atoms with van der Waals surface area (Å²) in [4.78, 5) is 38.3. The number of rotatable bonds is 7. The summed E-state index contributed by atoms with van der Waals surface area (Å²) in [5.41, 5.74) is 2.17. The molecule has 3 rings (SSSR count). The second-order valence-corrected chi connectivity index (χ2v) is 7.30. The maximum atomic E-state index is 15.1. The van der Waals surface area contributed by atoms with E-state index < -0.39 is 23.8 Å². The number of nitrogens with zero attached hydrogens (tertiary/aromatic N) is 1. The van der Waals surface area contributed by atoms with Gasteiger partial charge >= 0.3 is 11.9 Å². The van der Waals surface area contributed by atoms with Crippen LogP contribution in [0.3, 0.4) is 0 Å². The van der Waals surface area contributed by atoms with Gasteiger partial charge < -0.3 is 14.4 Å². The molecule has 0 radical (unpaired) electrons. The molecule has 0 bridgehead atoms. The molecule has 1 aliphatic carbocycles. The molecule has 6 nitrogen and oxygen atoms in total. The summed E-state index contributed by atoms with van der Waals surface area (Å²) >= 11 is 0. The van der Waals surface area contributed by atoms with Crippen LogP contribution in [0.25, 0.3) is 0 Å². The Morgan fingerprint density at radius 3 is 2.48 bits per heavy atom. The fourth-order valence-corrected chi connectivity index (χ4v) is 3.95. The van der Waals surface area contributed by atoms with Crippen LogP contribution >= 0.6 is 0 Å². The number of ether oxygens (including phenoxy) is 2. The lowest BCUT2D eigenvalue weighted by Crippen LogP contribution is -2.39. The first-order valence-corrected chi connectivity index (χ1v) is 10.4. The van der Waals surface area contributed by atoms with Crippen LogP contribution in [0.1, 0.15) is 60.3 Å². The second kappa shape index (κ2) is 9.83. The Balaban J connectivity index is 2.01. The number of hydrogen-bond acceptors (Lipinski definition) is 5. The van der Waals surface area contributed by atoms with E-state index in [1.165, 1.54) is 11.8 Å². The van der Waals surface area contributed by atoms with E-state index >= 15 is 4.39 Å². The lowest BCUT2D eigenvalue weighted by Gasteiger charge is -2.26. The number of esters is 1. The molecule has 0 aliphatic heterocycles. The van der Waals surface area contributed by atoms with Crippen molar-refractivity contribution in [2.24, 2.45) is 0 Å². The summed E-state index contributed by atoms with van der Waals surface area (Å²) in [6.45, 7) is 5.10. The van der Waals surface area contributed by atoms with Gasteiger partial charge in [-0.15, -0.1) is 0 Å². The molecule has 1 unspecified atom stereocenters. The predicted octanol–water partition coefficient (Wildman–Crippen LogP) is 4.15. The minimum atomic E-state index is -1.01. The Morgan fingerprint density at radius 1 is 1.16 bits per heavy atom. The molecule has 164 valence electrons. The van der Waals surface area contributed by atoms with Crippen molar-refractivity contribution in [1.29, 1.82) is 0 Å². The smallest absolute Gasteiger partial charge is 0.397 e. The third-order valence-electron chi connectivity index (χ3n) is 5.33. The highest BCUT2D eigenvalue weighted by atomic mass is 19.1. The fourth-order valence-electron chi connectivity index (χ4n) is 3.95. The summed E-state index contributed by atoms with van der Waals surface area (Å²) in [7, 11) is 0. The van der Waals surface area contributed by atoms with E-state index in [1.54, 1.807) is 13.8 Å². The van der Waals surface area contributed by atoms with Gasteiger partial charge in [0.1, 0.15) is 5.82 Å². The largest absolute Gasteiger partial charge is 0.459 e. The molecule has 0 heterocycles. The lowest BCUT2D eigenvalue weighted by atomic mass is 9.98. The fraction of sp³-hybridized carbons (Fsp3) is 0.375. The monoisotopic (exact) mass is 427 g/mol. The molecule has 0 saturated heterocycles. The van der Waals surface area contributed by atoms with Crippen molar-refractivity contribution in [3.63, 3.8) is 0 Å². The van der Waals surface area contributed by atoms with Gasteiger partial charge in [-0.25, -0.2) is 9.18 Å². The van der Waals surface area contributed by atoms with Crippen molar-refractivity contribution in [3.05, 3.63) is 64.5 Å². The molecule has 2 aromatic rings. The highest BCUT2D eigenvalue weighted by Gasteiger charge is 2.36. The van der Waals surface area contributed by atoms with Crippen molar-refractivity contribution in [2.45, 2.75) is 46.3 Å². The van der Waals surface area contributed by atoms with Crippen LogP contribution in [-0.2, 0) is 32.1 Å².